The van der Waals surface area contributed by atoms with Gasteiger partial charge in [-0.25, -0.2) is 8.42 Å². The molecule has 0 unspecified atom stereocenters. The molecule has 0 N–H and O–H groups in total. The summed E-state index contributed by atoms with van der Waals surface area (Å²) in [5, 5.41) is 0. The van der Waals surface area contributed by atoms with Gasteiger partial charge in [-0.1, -0.05) is 41.5 Å². The van der Waals surface area contributed by atoms with Crippen molar-refractivity contribution in [2.24, 2.45) is 17.8 Å². The molecule has 0 aromatic carbocycles. The van der Waals surface area contributed by atoms with E-state index < -0.39 is 9.84 Å². The summed E-state index contributed by atoms with van der Waals surface area (Å²) < 4.78 is 23.7. The van der Waals surface area contributed by atoms with Crippen molar-refractivity contribution in [2.75, 3.05) is 24.6 Å². The lowest BCUT2D eigenvalue weighted by Crippen LogP contribution is -2.38. The molecule has 0 bridgehead atoms. The molecule has 0 aromatic heterocycles. The van der Waals surface area contributed by atoms with Crippen LogP contribution >= 0.6 is 0 Å². The van der Waals surface area contributed by atoms with E-state index in [-0.39, 0.29) is 29.8 Å². The molecule has 1 amide bonds. The van der Waals surface area contributed by atoms with Crippen molar-refractivity contribution in [1.82, 2.24) is 4.90 Å². The van der Waals surface area contributed by atoms with E-state index in [1.807, 2.05) is 13.8 Å². The van der Waals surface area contributed by atoms with Gasteiger partial charge in [-0.2, -0.15) is 0 Å². The van der Waals surface area contributed by atoms with Gasteiger partial charge in [-0.05, 0) is 17.8 Å². The Morgan fingerprint density at radius 2 is 1.35 bits per heavy atom. The molecule has 0 radical (unpaired) electrons. The van der Waals surface area contributed by atoms with Crippen molar-refractivity contribution in [3.8, 4) is 0 Å². The SMILES string of the molecule is CC(C)CN(CC(C)C)C(=O)CCS(=O)(=O)CC(C)C. The van der Waals surface area contributed by atoms with Gasteiger partial charge in [0.1, 0.15) is 0 Å². The van der Waals surface area contributed by atoms with Gasteiger partial charge in [-0.3, -0.25) is 4.79 Å². The van der Waals surface area contributed by atoms with Gasteiger partial charge in [0, 0.05) is 19.5 Å². The summed E-state index contributed by atoms with van der Waals surface area (Å²) >= 11 is 0. The molecule has 0 aliphatic heterocycles. The topological polar surface area (TPSA) is 54.5 Å². The minimum atomic E-state index is -3.11. The summed E-state index contributed by atoms with van der Waals surface area (Å²) in [5.74, 6) is 0.984. The maximum Gasteiger partial charge on any atom is 0.223 e. The van der Waals surface area contributed by atoms with Crippen molar-refractivity contribution in [3.05, 3.63) is 0 Å². The molecule has 0 aliphatic carbocycles. The lowest BCUT2D eigenvalue weighted by atomic mass is 10.1. The van der Waals surface area contributed by atoms with Gasteiger partial charge in [-0.15, -0.1) is 0 Å². The van der Waals surface area contributed by atoms with Crippen LogP contribution in [-0.4, -0.2) is 43.8 Å². The largest absolute Gasteiger partial charge is 0.342 e. The minimum Gasteiger partial charge on any atom is -0.342 e. The van der Waals surface area contributed by atoms with E-state index in [1.54, 1.807) is 4.90 Å². The Balaban J connectivity index is 4.53. The third-order valence-electron chi connectivity index (χ3n) is 2.74. The first-order valence-electron chi connectivity index (χ1n) is 7.51. The Kier molecular flexibility index (Phi) is 8.40. The number of carbonyl (C=O) groups excluding carboxylic acids is 1. The molecule has 0 aromatic rings. The maximum atomic E-state index is 12.2. The Labute approximate surface area is 124 Å². The van der Waals surface area contributed by atoms with Gasteiger partial charge in [0.15, 0.2) is 9.84 Å². The first-order valence-corrected chi connectivity index (χ1v) is 9.33. The zero-order valence-corrected chi connectivity index (χ0v) is 14.7. The Morgan fingerprint density at radius 1 is 0.900 bits per heavy atom. The van der Waals surface area contributed by atoms with Crippen LogP contribution in [0.15, 0.2) is 0 Å². The molecule has 0 saturated heterocycles. The van der Waals surface area contributed by atoms with Gasteiger partial charge in [0.25, 0.3) is 0 Å². The fourth-order valence-corrected chi connectivity index (χ4v) is 3.82. The van der Waals surface area contributed by atoms with Crippen molar-refractivity contribution in [1.29, 1.82) is 0 Å². The van der Waals surface area contributed by atoms with E-state index in [0.29, 0.717) is 24.9 Å². The number of rotatable bonds is 9. The van der Waals surface area contributed by atoms with Crippen LogP contribution in [0.5, 0.6) is 0 Å². The van der Waals surface area contributed by atoms with Gasteiger partial charge in [0.05, 0.1) is 11.5 Å². The summed E-state index contributed by atoms with van der Waals surface area (Å²) in [6, 6.07) is 0. The Morgan fingerprint density at radius 3 is 1.70 bits per heavy atom. The highest BCUT2D eigenvalue weighted by Gasteiger charge is 2.20. The maximum absolute atomic E-state index is 12.2. The quantitative estimate of drug-likeness (QED) is 0.658. The lowest BCUT2D eigenvalue weighted by Gasteiger charge is -2.26. The molecule has 0 saturated carbocycles. The summed E-state index contributed by atoms with van der Waals surface area (Å²) in [7, 11) is -3.11. The predicted octanol–water partition coefficient (Wildman–Crippen LogP) is 2.59. The molecule has 0 spiro atoms. The second-order valence-corrected chi connectivity index (χ2v) is 9.07. The summed E-state index contributed by atoms with van der Waals surface area (Å²) in [5.41, 5.74) is 0. The summed E-state index contributed by atoms with van der Waals surface area (Å²) in [6.45, 7) is 13.4. The van der Waals surface area contributed by atoms with E-state index in [9.17, 15) is 13.2 Å². The minimum absolute atomic E-state index is 0.0310. The molecule has 0 rings (SSSR count). The molecule has 0 heterocycles. The van der Waals surface area contributed by atoms with Gasteiger partial charge in [0.2, 0.25) is 5.91 Å². The fourth-order valence-electron chi connectivity index (χ4n) is 2.15. The van der Waals surface area contributed by atoms with E-state index >= 15 is 0 Å². The second-order valence-electron chi connectivity index (χ2n) is 6.84. The lowest BCUT2D eigenvalue weighted by molar-refractivity contribution is -0.131. The van der Waals surface area contributed by atoms with Crippen LogP contribution in [0.25, 0.3) is 0 Å². The van der Waals surface area contributed by atoms with Gasteiger partial charge < -0.3 is 4.90 Å². The third kappa shape index (κ3) is 9.34. The molecule has 5 heteroatoms. The zero-order chi connectivity index (χ0) is 15.9. The molecule has 4 nitrogen and oxygen atoms in total. The van der Waals surface area contributed by atoms with E-state index in [4.69, 9.17) is 0 Å². The van der Waals surface area contributed by atoms with Crippen molar-refractivity contribution in [2.45, 2.75) is 48.0 Å². The average Bonchev–Trinajstić information content (AvgIpc) is 2.22. The standard InChI is InChI=1S/C15H31NO3S/c1-12(2)9-16(10-13(3)4)15(17)7-8-20(18,19)11-14(5)6/h12-14H,7-11H2,1-6H3. The van der Waals surface area contributed by atoms with Crippen molar-refractivity contribution >= 4 is 15.7 Å². The molecular formula is C15H31NO3S. The van der Waals surface area contributed by atoms with E-state index in [2.05, 4.69) is 27.7 Å². The van der Waals surface area contributed by atoms with Crippen LogP contribution in [0, 0.1) is 17.8 Å². The predicted molar refractivity (Wildman–Crippen MR) is 84.4 cm³/mol. The highest BCUT2D eigenvalue weighted by atomic mass is 32.2. The van der Waals surface area contributed by atoms with Crippen LogP contribution in [0.4, 0.5) is 0 Å². The normalized spacial score (nSPS) is 12.4. The fraction of sp³-hybridized carbons (Fsp3) is 0.933. The van der Waals surface area contributed by atoms with Crippen LogP contribution in [0.1, 0.15) is 48.0 Å². The smallest absolute Gasteiger partial charge is 0.223 e. The molecule has 20 heavy (non-hydrogen) atoms. The van der Waals surface area contributed by atoms with Crippen LogP contribution in [0.3, 0.4) is 0 Å². The zero-order valence-electron chi connectivity index (χ0n) is 13.8. The number of carbonyl (C=O) groups is 1. The summed E-state index contributed by atoms with van der Waals surface area (Å²) in [6.07, 6.45) is 0.106. The second kappa shape index (κ2) is 8.65. The van der Waals surface area contributed by atoms with E-state index in [0.717, 1.165) is 0 Å². The monoisotopic (exact) mass is 305 g/mol. The van der Waals surface area contributed by atoms with Gasteiger partial charge >= 0.3 is 0 Å². The summed E-state index contributed by atoms with van der Waals surface area (Å²) in [4.78, 5) is 14.0. The molecule has 0 fully saturated rings. The highest BCUT2D eigenvalue weighted by Crippen LogP contribution is 2.08. The Bertz CT molecular complexity index is 376. The molecule has 120 valence electrons. The third-order valence-corrected chi connectivity index (χ3v) is 4.74. The molecule has 0 aliphatic rings. The van der Waals surface area contributed by atoms with Crippen LogP contribution in [0.2, 0.25) is 0 Å². The van der Waals surface area contributed by atoms with Crippen LogP contribution < -0.4 is 0 Å². The number of hydrogen-bond donors (Lipinski definition) is 0. The number of sulfone groups is 1. The van der Waals surface area contributed by atoms with E-state index in [1.165, 1.54) is 0 Å². The van der Waals surface area contributed by atoms with Crippen molar-refractivity contribution in [3.63, 3.8) is 0 Å². The molecular weight excluding hydrogens is 274 g/mol. The first-order chi connectivity index (χ1) is 9.03. The van der Waals surface area contributed by atoms with Crippen LogP contribution in [-0.2, 0) is 14.6 Å². The number of nitrogens with zero attached hydrogens (tertiary/aromatic N) is 1. The number of amides is 1. The average molecular weight is 305 g/mol. The first kappa shape index (κ1) is 19.4. The highest BCUT2D eigenvalue weighted by molar-refractivity contribution is 7.91. The number of hydrogen-bond acceptors (Lipinski definition) is 3. The molecule has 0 atom stereocenters. The van der Waals surface area contributed by atoms with Crippen molar-refractivity contribution < 1.29 is 13.2 Å². The Hall–Kier alpha value is -0.580.